The molecule has 0 bridgehead atoms. The number of ketones is 1. The molecule has 0 saturated carbocycles. The van der Waals surface area contributed by atoms with Crippen LogP contribution < -0.4 is 4.74 Å². The molecule has 0 heterocycles. The lowest BCUT2D eigenvalue weighted by atomic mass is 10.1. The second-order valence-corrected chi connectivity index (χ2v) is 5.19. The van der Waals surface area contributed by atoms with Gasteiger partial charge in [0.1, 0.15) is 0 Å². The third kappa shape index (κ3) is 3.42. The predicted octanol–water partition coefficient (Wildman–Crippen LogP) is 4.30. The number of hydrogen-bond donors (Lipinski definition) is 0. The highest BCUT2D eigenvalue weighted by Crippen LogP contribution is 2.25. The van der Waals surface area contributed by atoms with E-state index in [9.17, 15) is 13.6 Å². The van der Waals surface area contributed by atoms with E-state index in [1.54, 1.807) is 24.3 Å². The van der Waals surface area contributed by atoms with Crippen LogP contribution in [-0.4, -0.2) is 12.4 Å². The summed E-state index contributed by atoms with van der Waals surface area (Å²) in [6.07, 6.45) is 0. The summed E-state index contributed by atoms with van der Waals surface area (Å²) < 4.78 is 32.0. The molecule has 0 unspecified atom stereocenters. The van der Waals surface area contributed by atoms with Crippen molar-refractivity contribution in [1.82, 2.24) is 0 Å². The first-order chi connectivity index (χ1) is 9.47. The van der Waals surface area contributed by atoms with Crippen molar-refractivity contribution in [2.24, 2.45) is 0 Å². The van der Waals surface area contributed by atoms with Crippen LogP contribution in [0.4, 0.5) is 8.78 Å². The average molecular weight is 341 g/mol. The van der Waals surface area contributed by atoms with Gasteiger partial charge in [0.25, 0.3) is 0 Å². The van der Waals surface area contributed by atoms with E-state index in [1.807, 2.05) is 6.92 Å². The molecule has 2 nitrogen and oxygen atoms in total. The Kier molecular flexibility index (Phi) is 4.49. The number of aryl methyl sites for hydroxylation is 1. The minimum Gasteiger partial charge on any atom is -0.482 e. The largest absolute Gasteiger partial charge is 0.482 e. The van der Waals surface area contributed by atoms with Gasteiger partial charge in [-0.25, -0.2) is 4.39 Å². The molecule has 0 aromatic heterocycles. The Morgan fingerprint density at radius 2 is 1.85 bits per heavy atom. The zero-order valence-corrected chi connectivity index (χ0v) is 12.2. The zero-order chi connectivity index (χ0) is 14.7. The highest BCUT2D eigenvalue weighted by Gasteiger charge is 2.13. The van der Waals surface area contributed by atoms with Gasteiger partial charge in [-0.3, -0.25) is 4.79 Å². The monoisotopic (exact) mass is 340 g/mol. The van der Waals surface area contributed by atoms with Gasteiger partial charge in [0.2, 0.25) is 5.82 Å². The lowest BCUT2D eigenvalue weighted by molar-refractivity contribution is 0.0918. The molecule has 0 aliphatic heterocycles. The minimum atomic E-state index is -1.11. The summed E-state index contributed by atoms with van der Waals surface area (Å²) in [6, 6.07) is 9.20. The van der Waals surface area contributed by atoms with Crippen LogP contribution in [0.3, 0.4) is 0 Å². The molecule has 0 aliphatic carbocycles. The van der Waals surface area contributed by atoms with E-state index in [4.69, 9.17) is 4.74 Å². The molecule has 2 aromatic carbocycles. The second kappa shape index (κ2) is 6.13. The lowest BCUT2D eigenvalue weighted by Crippen LogP contribution is -2.12. The number of ether oxygens (including phenoxy) is 1. The molecule has 104 valence electrons. The number of carbonyl (C=O) groups excluding carboxylic acids is 1. The van der Waals surface area contributed by atoms with Gasteiger partial charge in [-0.1, -0.05) is 45.8 Å². The molecule has 0 amide bonds. The number of halogens is 3. The molecular weight excluding hydrogens is 330 g/mol. The Balaban J connectivity index is 2.09. The first-order valence-electron chi connectivity index (χ1n) is 5.84. The normalized spacial score (nSPS) is 10.4. The fourth-order valence-electron chi connectivity index (χ4n) is 1.60. The molecule has 2 rings (SSSR count). The molecule has 0 atom stereocenters. The van der Waals surface area contributed by atoms with Crippen LogP contribution >= 0.6 is 15.9 Å². The van der Waals surface area contributed by atoms with Crippen LogP contribution in [0.15, 0.2) is 40.9 Å². The van der Waals surface area contributed by atoms with E-state index in [2.05, 4.69) is 15.9 Å². The predicted molar refractivity (Wildman–Crippen MR) is 75.1 cm³/mol. The van der Waals surface area contributed by atoms with E-state index >= 15 is 0 Å². The van der Waals surface area contributed by atoms with Gasteiger partial charge in [0, 0.05) is 10.0 Å². The van der Waals surface area contributed by atoms with Crippen LogP contribution in [0.1, 0.15) is 15.9 Å². The summed E-state index contributed by atoms with van der Waals surface area (Å²) in [5.41, 5.74) is 1.49. The van der Waals surface area contributed by atoms with Crippen molar-refractivity contribution in [2.45, 2.75) is 6.92 Å². The molecule has 0 aliphatic rings. The summed E-state index contributed by atoms with van der Waals surface area (Å²) in [5.74, 6) is -2.73. The van der Waals surface area contributed by atoms with Gasteiger partial charge in [0.05, 0.1) is 0 Å². The maximum atomic E-state index is 13.5. The number of benzene rings is 2. The van der Waals surface area contributed by atoms with Gasteiger partial charge >= 0.3 is 0 Å². The average Bonchev–Trinajstić information content (AvgIpc) is 2.41. The molecule has 2 aromatic rings. The maximum Gasteiger partial charge on any atom is 0.200 e. The van der Waals surface area contributed by atoms with E-state index in [1.165, 1.54) is 6.07 Å². The summed E-state index contributed by atoms with van der Waals surface area (Å²) >= 11 is 3.04. The second-order valence-electron chi connectivity index (χ2n) is 4.28. The van der Waals surface area contributed by atoms with Crippen molar-refractivity contribution in [1.29, 1.82) is 0 Å². The first-order valence-corrected chi connectivity index (χ1v) is 6.64. The maximum absolute atomic E-state index is 13.5. The Morgan fingerprint density at radius 1 is 1.20 bits per heavy atom. The van der Waals surface area contributed by atoms with E-state index in [0.29, 0.717) is 10.0 Å². The van der Waals surface area contributed by atoms with Crippen LogP contribution in [-0.2, 0) is 0 Å². The molecular formula is C15H11BrF2O2. The van der Waals surface area contributed by atoms with Gasteiger partial charge in [-0.2, -0.15) is 4.39 Å². The SMILES string of the molecule is Cc1ccc(C(=O)COc2cc(Br)cc(F)c2F)cc1. The molecule has 0 spiro atoms. The third-order valence-electron chi connectivity index (χ3n) is 2.69. The van der Waals surface area contributed by atoms with Crippen molar-refractivity contribution in [3.8, 4) is 5.75 Å². The number of Topliss-reactive ketones (excluding diaryl/α,β-unsaturated/α-hetero) is 1. The molecule has 0 N–H and O–H groups in total. The summed E-state index contributed by atoms with van der Waals surface area (Å²) in [4.78, 5) is 11.9. The van der Waals surface area contributed by atoms with Crippen molar-refractivity contribution in [3.63, 3.8) is 0 Å². The summed E-state index contributed by atoms with van der Waals surface area (Å²) in [7, 11) is 0. The number of rotatable bonds is 4. The van der Waals surface area contributed by atoms with E-state index in [0.717, 1.165) is 11.6 Å². The van der Waals surface area contributed by atoms with Crippen LogP contribution in [0.5, 0.6) is 5.75 Å². The van der Waals surface area contributed by atoms with E-state index < -0.39 is 11.6 Å². The van der Waals surface area contributed by atoms with E-state index in [-0.39, 0.29) is 18.1 Å². The Morgan fingerprint density at radius 3 is 2.50 bits per heavy atom. The Hall–Kier alpha value is -1.75. The quantitative estimate of drug-likeness (QED) is 0.612. The van der Waals surface area contributed by atoms with Crippen molar-refractivity contribution < 1.29 is 18.3 Å². The Bertz CT molecular complexity index is 639. The molecule has 0 radical (unpaired) electrons. The standard InChI is InChI=1S/C15H11BrF2O2/c1-9-2-4-10(5-3-9)13(19)8-20-14-7-11(16)6-12(17)15(14)18/h2-7H,8H2,1H3. The molecule has 5 heteroatoms. The lowest BCUT2D eigenvalue weighted by Gasteiger charge is -2.08. The number of hydrogen-bond acceptors (Lipinski definition) is 2. The van der Waals surface area contributed by atoms with Gasteiger partial charge in [-0.05, 0) is 19.1 Å². The summed E-state index contributed by atoms with van der Waals surface area (Å²) in [5, 5.41) is 0. The fourth-order valence-corrected chi connectivity index (χ4v) is 2.01. The van der Waals surface area contributed by atoms with Crippen LogP contribution in [0.2, 0.25) is 0 Å². The van der Waals surface area contributed by atoms with Gasteiger partial charge in [0.15, 0.2) is 24.0 Å². The Labute approximate surface area is 123 Å². The van der Waals surface area contributed by atoms with Crippen LogP contribution in [0.25, 0.3) is 0 Å². The van der Waals surface area contributed by atoms with Gasteiger partial charge in [-0.15, -0.1) is 0 Å². The number of carbonyl (C=O) groups is 1. The zero-order valence-electron chi connectivity index (χ0n) is 10.6. The third-order valence-corrected chi connectivity index (χ3v) is 3.15. The summed E-state index contributed by atoms with van der Waals surface area (Å²) in [6.45, 7) is 1.56. The molecule has 0 saturated heterocycles. The van der Waals surface area contributed by atoms with Crippen molar-refractivity contribution in [3.05, 3.63) is 63.6 Å². The first kappa shape index (κ1) is 14.7. The van der Waals surface area contributed by atoms with Crippen molar-refractivity contribution >= 4 is 21.7 Å². The smallest absolute Gasteiger partial charge is 0.200 e. The fraction of sp³-hybridized carbons (Fsp3) is 0.133. The van der Waals surface area contributed by atoms with Crippen LogP contribution in [0, 0.1) is 18.6 Å². The molecule has 20 heavy (non-hydrogen) atoms. The van der Waals surface area contributed by atoms with Gasteiger partial charge < -0.3 is 4.74 Å². The highest BCUT2D eigenvalue weighted by atomic mass is 79.9. The highest BCUT2D eigenvalue weighted by molar-refractivity contribution is 9.10. The topological polar surface area (TPSA) is 26.3 Å². The molecule has 0 fully saturated rings. The van der Waals surface area contributed by atoms with Crippen molar-refractivity contribution in [2.75, 3.05) is 6.61 Å². The minimum absolute atomic E-state index is 0.294.